The van der Waals surface area contributed by atoms with Gasteiger partial charge in [0.05, 0.1) is 6.54 Å². The van der Waals surface area contributed by atoms with E-state index >= 15 is 0 Å². The molecule has 1 atom stereocenters. The Labute approximate surface area is 154 Å². The number of piperidine rings is 1. The van der Waals surface area contributed by atoms with Crippen LogP contribution in [0.5, 0.6) is 11.5 Å². The van der Waals surface area contributed by atoms with Crippen molar-refractivity contribution in [3.63, 3.8) is 0 Å². The third kappa shape index (κ3) is 3.79. The van der Waals surface area contributed by atoms with Gasteiger partial charge in [-0.1, -0.05) is 6.07 Å². The molecule has 7 nitrogen and oxygen atoms in total. The first-order chi connectivity index (χ1) is 12.7. The standard InChI is InChI=1S/C19H28N4O3/c20-11-19(24)23-5-1-2-16(13-23)22-8-6-21(7-9-22)12-15-3-4-17-18(10-15)26-14-25-17/h3-4,10,16H,1-2,5-9,11-14,20H2. The molecule has 3 heterocycles. The lowest BCUT2D eigenvalue weighted by Gasteiger charge is -2.43. The van der Waals surface area contributed by atoms with Gasteiger partial charge in [-0.05, 0) is 30.5 Å². The molecule has 1 aromatic rings. The molecule has 0 bridgehead atoms. The van der Waals surface area contributed by atoms with E-state index in [2.05, 4.69) is 21.9 Å². The molecule has 4 rings (SSSR count). The molecule has 2 N–H and O–H groups in total. The predicted molar refractivity (Wildman–Crippen MR) is 98.1 cm³/mol. The largest absolute Gasteiger partial charge is 0.454 e. The minimum atomic E-state index is 0.0798. The first-order valence-electron chi connectivity index (χ1n) is 9.56. The van der Waals surface area contributed by atoms with E-state index in [4.69, 9.17) is 15.2 Å². The van der Waals surface area contributed by atoms with Gasteiger partial charge in [-0.3, -0.25) is 14.6 Å². The van der Waals surface area contributed by atoms with E-state index in [1.807, 2.05) is 11.0 Å². The van der Waals surface area contributed by atoms with Crippen molar-refractivity contribution in [2.24, 2.45) is 5.73 Å². The zero-order valence-electron chi connectivity index (χ0n) is 15.2. The fourth-order valence-corrected chi connectivity index (χ4v) is 4.19. The Balaban J connectivity index is 1.28. The molecule has 1 aromatic carbocycles. The summed E-state index contributed by atoms with van der Waals surface area (Å²) in [7, 11) is 0. The van der Waals surface area contributed by atoms with Crippen molar-refractivity contribution in [2.75, 3.05) is 52.6 Å². The van der Waals surface area contributed by atoms with E-state index in [1.165, 1.54) is 12.0 Å². The fraction of sp³-hybridized carbons (Fsp3) is 0.632. The SMILES string of the molecule is NCC(=O)N1CCCC(N2CCN(Cc3ccc4c(c3)OCO4)CC2)C1. The summed E-state index contributed by atoms with van der Waals surface area (Å²) in [5.74, 6) is 1.77. The van der Waals surface area contributed by atoms with Crippen LogP contribution in [0.4, 0.5) is 0 Å². The van der Waals surface area contributed by atoms with Gasteiger partial charge < -0.3 is 20.1 Å². The Morgan fingerprint density at radius 1 is 1.12 bits per heavy atom. The lowest BCUT2D eigenvalue weighted by atomic mass is 10.0. The first-order valence-corrected chi connectivity index (χ1v) is 9.56. The average Bonchev–Trinajstić information content (AvgIpc) is 3.16. The van der Waals surface area contributed by atoms with Crippen molar-refractivity contribution in [3.05, 3.63) is 23.8 Å². The lowest BCUT2D eigenvalue weighted by Crippen LogP contribution is -2.56. The number of piperazine rings is 1. The summed E-state index contributed by atoms with van der Waals surface area (Å²) in [6.07, 6.45) is 2.25. The van der Waals surface area contributed by atoms with Gasteiger partial charge in [-0.25, -0.2) is 0 Å². The summed E-state index contributed by atoms with van der Waals surface area (Å²) in [4.78, 5) is 18.9. The van der Waals surface area contributed by atoms with E-state index in [0.717, 1.165) is 63.7 Å². The van der Waals surface area contributed by atoms with Gasteiger partial charge in [0.1, 0.15) is 0 Å². The van der Waals surface area contributed by atoms with Gasteiger partial charge in [0, 0.05) is 51.9 Å². The second-order valence-electron chi connectivity index (χ2n) is 7.34. The van der Waals surface area contributed by atoms with Gasteiger partial charge in [0.2, 0.25) is 12.7 Å². The topological polar surface area (TPSA) is 71.3 Å². The predicted octanol–water partition coefficient (Wildman–Crippen LogP) is 0.483. The highest BCUT2D eigenvalue weighted by atomic mass is 16.7. The van der Waals surface area contributed by atoms with Crippen LogP contribution in [0.25, 0.3) is 0 Å². The van der Waals surface area contributed by atoms with Crippen molar-refractivity contribution in [1.29, 1.82) is 0 Å². The molecule has 0 saturated carbocycles. The molecule has 142 valence electrons. The third-order valence-corrected chi connectivity index (χ3v) is 5.69. The van der Waals surface area contributed by atoms with Crippen LogP contribution in [0.3, 0.4) is 0 Å². The number of hydrogen-bond acceptors (Lipinski definition) is 6. The van der Waals surface area contributed by atoms with E-state index in [-0.39, 0.29) is 12.5 Å². The molecular weight excluding hydrogens is 332 g/mol. The van der Waals surface area contributed by atoms with Crippen LogP contribution in [0.1, 0.15) is 18.4 Å². The Morgan fingerprint density at radius 3 is 2.73 bits per heavy atom. The van der Waals surface area contributed by atoms with Gasteiger partial charge in [-0.2, -0.15) is 0 Å². The molecule has 0 aliphatic carbocycles. The van der Waals surface area contributed by atoms with Crippen LogP contribution in [-0.2, 0) is 11.3 Å². The number of ether oxygens (including phenoxy) is 2. The van der Waals surface area contributed by atoms with Crippen molar-refractivity contribution >= 4 is 5.91 Å². The minimum Gasteiger partial charge on any atom is -0.454 e. The van der Waals surface area contributed by atoms with Crippen LogP contribution < -0.4 is 15.2 Å². The Kier molecular flexibility index (Phi) is 5.28. The normalized spacial score (nSPS) is 24.0. The smallest absolute Gasteiger partial charge is 0.236 e. The molecule has 3 aliphatic heterocycles. The summed E-state index contributed by atoms with van der Waals surface area (Å²) in [6, 6.07) is 6.69. The summed E-state index contributed by atoms with van der Waals surface area (Å²) < 4.78 is 10.9. The van der Waals surface area contributed by atoms with Crippen molar-refractivity contribution in [2.45, 2.75) is 25.4 Å². The Hall–Kier alpha value is -1.83. The van der Waals surface area contributed by atoms with Crippen LogP contribution in [0, 0.1) is 0 Å². The number of carbonyl (C=O) groups is 1. The summed E-state index contributed by atoms with van der Waals surface area (Å²) >= 11 is 0. The Morgan fingerprint density at radius 2 is 1.92 bits per heavy atom. The Bertz CT molecular complexity index is 646. The highest BCUT2D eigenvalue weighted by molar-refractivity contribution is 5.78. The van der Waals surface area contributed by atoms with Crippen LogP contribution in [-0.4, -0.2) is 79.3 Å². The maximum Gasteiger partial charge on any atom is 0.236 e. The molecule has 2 fully saturated rings. The molecule has 0 aromatic heterocycles. The number of fused-ring (bicyclic) bond motifs is 1. The maximum absolute atomic E-state index is 11.9. The third-order valence-electron chi connectivity index (χ3n) is 5.69. The van der Waals surface area contributed by atoms with Gasteiger partial charge in [0.15, 0.2) is 11.5 Å². The number of benzene rings is 1. The zero-order chi connectivity index (χ0) is 17.9. The number of hydrogen-bond donors (Lipinski definition) is 1. The van der Waals surface area contributed by atoms with E-state index in [0.29, 0.717) is 12.8 Å². The van der Waals surface area contributed by atoms with Crippen molar-refractivity contribution in [1.82, 2.24) is 14.7 Å². The van der Waals surface area contributed by atoms with Crippen LogP contribution in [0.15, 0.2) is 18.2 Å². The quantitative estimate of drug-likeness (QED) is 0.842. The monoisotopic (exact) mass is 360 g/mol. The zero-order valence-corrected chi connectivity index (χ0v) is 15.2. The molecular formula is C19H28N4O3. The van der Waals surface area contributed by atoms with Gasteiger partial charge in [0.25, 0.3) is 0 Å². The molecule has 0 radical (unpaired) electrons. The highest BCUT2D eigenvalue weighted by Crippen LogP contribution is 2.33. The molecule has 0 spiro atoms. The second-order valence-corrected chi connectivity index (χ2v) is 7.34. The molecule has 2 saturated heterocycles. The fourth-order valence-electron chi connectivity index (χ4n) is 4.19. The van der Waals surface area contributed by atoms with Crippen molar-refractivity contribution in [3.8, 4) is 11.5 Å². The number of carbonyl (C=O) groups excluding carboxylic acids is 1. The van der Waals surface area contributed by atoms with Crippen molar-refractivity contribution < 1.29 is 14.3 Å². The van der Waals surface area contributed by atoms with Gasteiger partial charge >= 0.3 is 0 Å². The first kappa shape index (κ1) is 17.6. The van der Waals surface area contributed by atoms with E-state index < -0.39 is 0 Å². The minimum absolute atomic E-state index is 0.0798. The number of amides is 1. The number of nitrogens with two attached hydrogens (primary N) is 1. The van der Waals surface area contributed by atoms with E-state index in [1.54, 1.807) is 0 Å². The summed E-state index contributed by atoms with van der Waals surface area (Å²) in [6.45, 7) is 7.28. The summed E-state index contributed by atoms with van der Waals surface area (Å²) in [5, 5.41) is 0. The summed E-state index contributed by atoms with van der Waals surface area (Å²) in [5.41, 5.74) is 6.79. The molecule has 3 aliphatic rings. The number of rotatable bonds is 4. The van der Waals surface area contributed by atoms with Crippen LogP contribution >= 0.6 is 0 Å². The molecule has 26 heavy (non-hydrogen) atoms. The highest BCUT2D eigenvalue weighted by Gasteiger charge is 2.29. The maximum atomic E-state index is 11.9. The molecule has 1 amide bonds. The molecule has 1 unspecified atom stereocenters. The average molecular weight is 360 g/mol. The van der Waals surface area contributed by atoms with E-state index in [9.17, 15) is 4.79 Å². The van der Waals surface area contributed by atoms with Gasteiger partial charge in [-0.15, -0.1) is 0 Å². The second kappa shape index (κ2) is 7.82. The van der Waals surface area contributed by atoms with Crippen LogP contribution in [0.2, 0.25) is 0 Å². The number of likely N-dealkylation sites (tertiary alicyclic amines) is 1. The molecule has 7 heteroatoms. The number of nitrogens with zero attached hydrogens (tertiary/aromatic N) is 3. The lowest BCUT2D eigenvalue weighted by molar-refractivity contribution is -0.132.